The first-order valence-corrected chi connectivity index (χ1v) is 10.0. The summed E-state index contributed by atoms with van der Waals surface area (Å²) in [6.45, 7) is 2.81. The highest BCUT2D eigenvalue weighted by Crippen LogP contribution is 2.35. The van der Waals surface area contributed by atoms with Gasteiger partial charge < -0.3 is 5.43 Å². The first-order valence-electron chi connectivity index (χ1n) is 8.78. The summed E-state index contributed by atoms with van der Waals surface area (Å²) in [6.07, 6.45) is 1.75. The number of rotatable bonds is 7. The van der Waals surface area contributed by atoms with Crippen LogP contribution in [0.15, 0.2) is 64.5 Å². The van der Waals surface area contributed by atoms with E-state index >= 15 is 0 Å². The number of aliphatic imine (C=N–C) groups is 1. The van der Waals surface area contributed by atoms with Crippen LogP contribution in [0.25, 0.3) is 5.70 Å². The Morgan fingerprint density at radius 1 is 1.22 bits per heavy atom. The van der Waals surface area contributed by atoms with Gasteiger partial charge in [0.1, 0.15) is 5.71 Å². The Bertz CT molecular complexity index is 849. The van der Waals surface area contributed by atoms with E-state index in [9.17, 15) is 4.79 Å². The number of likely N-dealkylation sites (N-methyl/N-ethyl adjacent to an activating group) is 1. The molecule has 2 aromatic carbocycles. The van der Waals surface area contributed by atoms with Gasteiger partial charge >= 0.3 is 0 Å². The van der Waals surface area contributed by atoms with Crippen LogP contribution in [0.5, 0.6) is 0 Å². The number of nitrogens with zero attached hydrogens (tertiary/aromatic N) is 2. The van der Waals surface area contributed by atoms with E-state index in [0.717, 1.165) is 35.4 Å². The van der Waals surface area contributed by atoms with E-state index in [4.69, 9.17) is 11.6 Å². The van der Waals surface area contributed by atoms with Crippen molar-refractivity contribution in [3.05, 3.63) is 75.7 Å². The van der Waals surface area contributed by atoms with Crippen molar-refractivity contribution in [1.82, 2.24) is 10.4 Å². The Labute approximate surface area is 169 Å². The second-order valence-corrected chi connectivity index (χ2v) is 8.09. The maximum absolute atomic E-state index is 11.5. The Morgan fingerprint density at radius 3 is 2.59 bits per heavy atom. The lowest BCUT2D eigenvalue weighted by Gasteiger charge is -2.23. The molecular formula is C21H22ClN3OS. The zero-order valence-corrected chi connectivity index (χ0v) is 16.9. The predicted octanol–water partition coefficient (Wildman–Crippen LogP) is 4.42. The van der Waals surface area contributed by atoms with Gasteiger partial charge in [0.15, 0.2) is 6.29 Å². The smallest absolute Gasteiger partial charge is 0.169 e. The first kappa shape index (κ1) is 19.7. The maximum atomic E-state index is 11.5. The van der Waals surface area contributed by atoms with Gasteiger partial charge in [-0.3, -0.25) is 9.79 Å². The van der Waals surface area contributed by atoms with Crippen LogP contribution < -0.4 is 5.43 Å². The zero-order valence-electron chi connectivity index (χ0n) is 15.4. The van der Waals surface area contributed by atoms with Crippen LogP contribution in [0.4, 0.5) is 0 Å². The van der Waals surface area contributed by atoms with E-state index in [0.29, 0.717) is 10.7 Å². The maximum Gasteiger partial charge on any atom is 0.169 e. The summed E-state index contributed by atoms with van der Waals surface area (Å²) in [5, 5.41) is 2.74. The fourth-order valence-electron chi connectivity index (χ4n) is 2.83. The molecule has 1 heterocycles. The number of allylic oxidation sites excluding steroid dienone is 1. The molecule has 140 valence electrons. The Morgan fingerprint density at radius 2 is 1.93 bits per heavy atom. The largest absolute Gasteiger partial charge is 0.317 e. The average Bonchev–Trinajstić information content (AvgIpc) is 3.06. The minimum absolute atomic E-state index is 0.0268. The Kier molecular flexibility index (Phi) is 6.72. The number of nitrogens with one attached hydrogen (secondary N) is 1. The fraction of sp³-hybridized carbons (Fsp3) is 0.238. The van der Waals surface area contributed by atoms with Crippen molar-refractivity contribution >= 4 is 41.1 Å². The van der Waals surface area contributed by atoms with Gasteiger partial charge in [-0.15, -0.1) is 0 Å². The second kappa shape index (κ2) is 9.22. The molecule has 1 unspecified atom stereocenters. The monoisotopic (exact) mass is 399 g/mol. The molecule has 27 heavy (non-hydrogen) atoms. The summed E-state index contributed by atoms with van der Waals surface area (Å²) >= 11 is 7.63. The standard InChI is InChI=1S/C21H22ClN3OS/c1-15-23-19(14-26)21(27-15)20(17-8-10-18(22)11-9-17)24-25(2)13-12-16-6-4-3-5-7-16/h3-11,14-15,24H,12-13H2,1-2H3. The number of hydrogen-bond donors (Lipinski definition) is 1. The summed E-state index contributed by atoms with van der Waals surface area (Å²) in [5.74, 6) is 0. The molecule has 1 aliphatic rings. The van der Waals surface area contributed by atoms with Crippen molar-refractivity contribution in [3.8, 4) is 0 Å². The number of benzene rings is 2. The summed E-state index contributed by atoms with van der Waals surface area (Å²) in [4.78, 5) is 16.8. The number of thioether (sulfide) groups is 1. The van der Waals surface area contributed by atoms with Gasteiger partial charge in [-0.05, 0) is 31.0 Å². The molecule has 0 bridgehead atoms. The summed E-state index contributed by atoms with van der Waals surface area (Å²) in [5.41, 5.74) is 7.08. The molecule has 0 saturated heterocycles. The molecule has 6 heteroatoms. The second-order valence-electron chi connectivity index (χ2n) is 6.33. The molecule has 1 N–H and O–H groups in total. The number of carbonyl (C=O) groups is 1. The third-order valence-electron chi connectivity index (χ3n) is 4.19. The number of hydrogen-bond acceptors (Lipinski definition) is 5. The highest BCUT2D eigenvalue weighted by atomic mass is 35.5. The third-order valence-corrected chi connectivity index (χ3v) is 5.54. The normalized spacial score (nSPS) is 18.4. The molecule has 0 spiro atoms. The van der Waals surface area contributed by atoms with Crippen LogP contribution in [-0.2, 0) is 11.2 Å². The molecule has 0 radical (unpaired) electrons. The third kappa shape index (κ3) is 5.22. The van der Waals surface area contributed by atoms with Gasteiger partial charge in [0.25, 0.3) is 0 Å². The quantitative estimate of drug-likeness (QED) is 0.553. The SMILES string of the molecule is CC1N=C(C=O)C(=C(NN(C)CCc2ccccc2)c2ccc(Cl)cc2)S1. The lowest BCUT2D eigenvalue weighted by atomic mass is 10.1. The van der Waals surface area contributed by atoms with Crippen LogP contribution in [0, 0.1) is 0 Å². The Balaban J connectivity index is 1.83. The minimum atomic E-state index is 0.0268. The van der Waals surface area contributed by atoms with Gasteiger partial charge in [0.2, 0.25) is 0 Å². The van der Waals surface area contributed by atoms with Gasteiger partial charge in [0.05, 0.1) is 16.0 Å². The van der Waals surface area contributed by atoms with E-state index in [1.54, 1.807) is 11.8 Å². The van der Waals surface area contributed by atoms with Gasteiger partial charge in [-0.2, -0.15) is 0 Å². The molecule has 1 atom stereocenters. The molecule has 0 aliphatic carbocycles. The van der Waals surface area contributed by atoms with Gasteiger partial charge in [-0.1, -0.05) is 65.8 Å². The molecule has 0 saturated carbocycles. The topological polar surface area (TPSA) is 44.7 Å². The van der Waals surface area contributed by atoms with E-state index in [-0.39, 0.29) is 5.37 Å². The zero-order chi connectivity index (χ0) is 19.2. The average molecular weight is 400 g/mol. The van der Waals surface area contributed by atoms with Crippen LogP contribution in [0.1, 0.15) is 18.1 Å². The van der Waals surface area contributed by atoms with Gasteiger partial charge in [0, 0.05) is 24.2 Å². The lowest BCUT2D eigenvalue weighted by molar-refractivity contribution is -0.102. The van der Waals surface area contributed by atoms with Crippen molar-refractivity contribution in [2.24, 2.45) is 4.99 Å². The summed E-state index contributed by atoms with van der Waals surface area (Å²) in [7, 11) is 2.00. The number of hydrazine groups is 1. The van der Waals surface area contributed by atoms with E-state index in [1.807, 2.05) is 61.4 Å². The van der Waals surface area contributed by atoms with Crippen molar-refractivity contribution in [2.45, 2.75) is 18.7 Å². The number of halogens is 1. The molecule has 0 fully saturated rings. The predicted molar refractivity (Wildman–Crippen MR) is 115 cm³/mol. The molecule has 1 aliphatic heterocycles. The molecule has 0 aromatic heterocycles. The van der Waals surface area contributed by atoms with Crippen LogP contribution in [0.2, 0.25) is 5.02 Å². The van der Waals surface area contributed by atoms with Crippen LogP contribution in [0.3, 0.4) is 0 Å². The van der Waals surface area contributed by atoms with Crippen molar-refractivity contribution in [1.29, 1.82) is 0 Å². The van der Waals surface area contributed by atoms with E-state index < -0.39 is 0 Å². The molecule has 4 nitrogen and oxygen atoms in total. The Hall–Kier alpha value is -2.08. The summed E-state index contributed by atoms with van der Waals surface area (Å²) < 4.78 is 0. The van der Waals surface area contributed by atoms with Crippen LogP contribution >= 0.6 is 23.4 Å². The molecule has 3 rings (SSSR count). The molecule has 2 aromatic rings. The lowest BCUT2D eigenvalue weighted by Crippen LogP contribution is -2.35. The van der Waals surface area contributed by atoms with E-state index in [2.05, 4.69) is 22.6 Å². The molecule has 0 amide bonds. The minimum Gasteiger partial charge on any atom is -0.317 e. The van der Waals surface area contributed by atoms with Crippen molar-refractivity contribution in [2.75, 3.05) is 13.6 Å². The number of aldehydes is 1. The number of carbonyl (C=O) groups excluding carboxylic acids is 1. The van der Waals surface area contributed by atoms with Crippen molar-refractivity contribution in [3.63, 3.8) is 0 Å². The van der Waals surface area contributed by atoms with Crippen molar-refractivity contribution < 1.29 is 4.79 Å². The highest BCUT2D eigenvalue weighted by Gasteiger charge is 2.25. The van der Waals surface area contributed by atoms with Gasteiger partial charge in [-0.25, -0.2) is 5.01 Å². The highest BCUT2D eigenvalue weighted by molar-refractivity contribution is 8.05. The van der Waals surface area contributed by atoms with E-state index in [1.165, 1.54) is 5.56 Å². The first-order chi connectivity index (χ1) is 13.1. The summed E-state index contributed by atoms with van der Waals surface area (Å²) in [6, 6.07) is 18.0. The van der Waals surface area contributed by atoms with Crippen LogP contribution in [-0.4, -0.2) is 36.0 Å². The fourth-order valence-corrected chi connectivity index (χ4v) is 3.97. The molecular weight excluding hydrogens is 378 g/mol.